The Kier molecular flexibility index (Phi) is 6.59. The topological polar surface area (TPSA) is 127 Å². The number of thioether (sulfide) groups is 1. The lowest BCUT2D eigenvalue weighted by Crippen LogP contribution is -2.36. The zero-order valence-electron chi connectivity index (χ0n) is 13.4. The number of hydrogen-bond donors (Lipinski definition) is 3. The Balaban J connectivity index is 1.85. The number of halogens is 1. The van der Waals surface area contributed by atoms with Crippen LogP contribution in [0.2, 0.25) is 0 Å². The molecule has 0 aliphatic carbocycles. The van der Waals surface area contributed by atoms with Crippen molar-refractivity contribution in [2.24, 2.45) is 0 Å². The molecule has 0 fully saturated rings. The Morgan fingerprint density at radius 3 is 2.52 bits per heavy atom. The quantitative estimate of drug-likeness (QED) is 0.474. The first-order valence-electron chi connectivity index (χ1n) is 7.16. The van der Waals surface area contributed by atoms with E-state index in [0.717, 1.165) is 16.2 Å². The lowest BCUT2D eigenvalue weighted by molar-refractivity contribution is -0.131. The molecule has 0 radical (unpaired) electrons. The normalized spacial score (nSPS) is 10.3. The smallest absolute Gasteiger partial charge is 0.244 e. The first-order chi connectivity index (χ1) is 11.8. The van der Waals surface area contributed by atoms with Crippen molar-refractivity contribution in [3.05, 3.63) is 34.8 Å². The Morgan fingerprint density at radius 1 is 1.24 bits per heavy atom. The second-order valence-electron chi connectivity index (χ2n) is 5.07. The van der Waals surface area contributed by atoms with Crippen molar-refractivity contribution in [1.29, 1.82) is 0 Å². The zero-order valence-corrected chi connectivity index (χ0v) is 15.8. The van der Waals surface area contributed by atoms with Gasteiger partial charge in [-0.1, -0.05) is 23.9 Å². The fraction of sp³-hybridized carbons (Fsp3) is 0.200. The lowest BCUT2D eigenvalue weighted by atomic mass is 10.3. The minimum atomic E-state index is -0.294. The second-order valence-corrected chi connectivity index (χ2v) is 6.86. The minimum absolute atomic E-state index is 0.0688. The number of carbonyl (C=O) groups excluding carboxylic acids is 2. The van der Waals surface area contributed by atoms with Crippen LogP contribution in [0.5, 0.6) is 0 Å². The van der Waals surface area contributed by atoms with Gasteiger partial charge in [0.05, 0.1) is 18.0 Å². The summed E-state index contributed by atoms with van der Waals surface area (Å²) in [6.45, 7) is -0.0688. The van der Waals surface area contributed by atoms with Gasteiger partial charge >= 0.3 is 0 Å². The molecule has 2 rings (SSSR count). The number of carbonyl (C=O) groups is 2. The predicted octanol–water partition coefficient (Wildman–Crippen LogP) is 1.59. The lowest BCUT2D eigenvalue weighted by Gasteiger charge is -2.16. The molecule has 0 saturated carbocycles. The largest absolute Gasteiger partial charge is 0.383 e. The SMILES string of the molecule is CN(CC(=O)Nc1ccccc1Br)C(=O)CSc1nc(N)cc(N)n1. The van der Waals surface area contributed by atoms with Crippen LogP contribution < -0.4 is 16.8 Å². The molecular formula is C15H17BrN6O2S. The third kappa shape index (κ3) is 5.91. The van der Waals surface area contributed by atoms with E-state index in [1.165, 1.54) is 11.0 Å². The van der Waals surface area contributed by atoms with E-state index >= 15 is 0 Å². The standard InChI is InChI=1S/C15H17BrN6O2S/c1-22(7-13(23)19-10-5-3-2-4-9(10)16)14(24)8-25-15-20-11(17)6-12(18)21-15/h2-6H,7-8H2,1H3,(H,19,23)(H4,17,18,20,21). The second kappa shape index (κ2) is 8.67. The van der Waals surface area contributed by atoms with Gasteiger partial charge < -0.3 is 21.7 Å². The van der Waals surface area contributed by atoms with E-state index in [-0.39, 0.29) is 35.7 Å². The molecule has 2 aromatic rings. The third-order valence-corrected chi connectivity index (χ3v) is 4.55. The number of amides is 2. The molecule has 5 N–H and O–H groups in total. The van der Waals surface area contributed by atoms with Gasteiger partial charge in [-0.3, -0.25) is 9.59 Å². The highest BCUT2D eigenvalue weighted by Crippen LogP contribution is 2.21. The molecule has 0 aliphatic rings. The van der Waals surface area contributed by atoms with Crippen molar-refractivity contribution in [3.63, 3.8) is 0 Å². The number of nitrogens with zero attached hydrogens (tertiary/aromatic N) is 3. The number of aromatic nitrogens is 2. The van der Waals surface area contributed by atoms with Gasteiger partial charge in [0.1, 0.15) is 11.6 Å². The summed E-state index contributed by atoms with van der Waals surface area (Å²) in [4.78, 5) is 33.5. The van der Waals surface area contributed by atoms with Gasteiger partial charge in [0.15, 0.2) is 5.16 Å². The number of nitrogens with two attached hydrogens (primary N) is 2. The molecule has 1 aromatic heterocycles. The van der Waals surface area contributed by atoms with E-state index in [9.17, 15) is 9.59 Å². The van der Waals surface area contributed by atoms with Crippen LogP contribution in [0.25, 0.3) is 0 Å². The maximum absolute atomic E-state index is 12.1. The number of hydrogen-bond acceptors (Lipinski definition) is 7. The van der Waals surface area contributed by atoms with Crippen LogP contribution in [-0.2, 0) is 9.59 Å². The monoisotopic (exact) mass is 424 g/mol. The summed E-state index contributed by atoms with van der Waals surface area (Å²) < 4.78 is 0.768. The average Bonchev–Trinajstić information content (AvgIpc) is 2.53. The zero-order chi connectivity index (χ0) is 18.4. The number of anilines is 3. The molecule has 0 unspecified atom stereocenters. The van der Waals surface area contributed by atoms with Gasteiger partial charge in [-0.05, 0) is 28.1 Å². The first-order valence-corrected chi connectivity index (χ1v) is 8.94. The van der Waals surface area contributed by atoms with Gasteiger partial charge in [-0.2, -0.15) is 0 Å². The van der Waals surface area contributed by atoms with Crippen LogP contribution in [0.15, 0.2) is 40.0 Å². The predicted molar refractivity (Wildman–Crippen MR) is 102 cm³/mol. The van der Waals surface area contributed by atoms with Crippen LogP contribution in [0.1, 0.15) is 0 Å². The van der Waals surface area contributed by atoms with Gasteiger partial charge in [0.2, 0.25) is 11.8 Å². The molecule has 0 atom stereocenters. The summed E-state index contributed by atoms with van der Waals surface area (Å²) in [6, 6.07) is 8.67. The molecule has 2 amide bonds. The molecule has 8 nitrogen and oxygen atoms in total. The van der Waals surface area contributed by atoms with Crippen LogP contribution >= 0.6 is 27.7 Å². The molecule has 0 bridgehead atoms. The van der Waals surface area contributed by atoms with Gasteiger partial charge in [0.25, 0.3) is 0 Å². The molecular weight excluding hydrogens is 408 g/mol. The van der Waals surface area contributed by atoms with Crippen molar-refractivity contribution in [2.45, 2.75) is 5.16 Å². The summed E-state index contributed by atoms with van der Waals surface area (Å²) in [5, 5.41) is 3.06. The van der Waals surface area contributed by atoms with Crippen molar-refractivity contribution in [1.82, 2.24) is 14.9 Å². The van der Waals surface area contributed by atoms with E-state index in [1.807, 2.05) is 18.2 Å². The third-order valence-electron chi connectivity index (χ3n) is 3.02. The van der Waals surface area contributed by atoms with Crippen molar-refractivity contribution in [3.8, 4) is 0 Å². The van der Waals surface area contributed by atoms with Crippen LogP contribution in [0.3, 0.4) is 0 Å². The van der Waals surface area contributed by atoms with Crippen LogP contribution in [-0.4, -0.2) is 46.0 Å². The molecule has 0 spiro atoms. The number of nitrogen functional groups attached to an aromatic ring is 2. The Morgan fingerprint density at radius 2 is 1.88 bits per heavy atom. The first kappa shape index (κ1) is 19.0. The van der Waals surface area contributed by atoms with Crippen LogP contribution in [0.4, 0.5) is 17.3 Å². The van der Waals surface area contributed by atoms with Crippen molar-refractivity contribution < 1.29 is 9.59 Å². The summed E-state index contributed by atoms with van der Waals surface area (Å²) in [6.07, 6.45) is 0. The summed E-state index contributed by atoms with van der Waals surface area (Å²) >= 11 is 4.46. The fourth-order valence-electron chi connectivity index (χ4n) is 1.82. The Bertz CT molecular complexity index is 768. The number of para-hydroxylation sites is 1. The summed E-state index contributed by atoms with van der Waals surface area (Å²) in [7, 11) is 1.55. The highest BCUT2D eigenvalue weighted by atomic mass is 79.9. The van der Waals surface area contributed by atoms with Gasteiger partial charge in [-0.25, -0.2) is 9.97 Å². The summed E-state index contributed by atoms with van der Waals surface area (Å²) in [5.41, 5.74) is 11.8. The number of likely N-dealkylation sites (N-methyl/N-ethyl adjacent to an activating group) is 1. The van der Waals surface area contributed by atoms with E-state index in [4.69, 9.17) is 11.5 Å². The molecule has 0 aliphatic heterocycles. The van der Waals surface area contributed by atoms with Crippen molar-refractivity contribution in [2.75, 3.05) is 36.1 Å². The molecule has 0 saturated heterocycles. The fourth-order valence-corrected chi connectivity index (χ4v) is 3.02. The molecule has 1 aromatic carbocycles. The average molecular weight is 425 g/mol. The van der Waals surface area contributed by atoms with E-state index < -0.39 is 0 Å². The number of rotatable bonds is 6. The Labute approximate surface area is 157 Å². The van der Waals surface area contributed by atoms with E-state index in [0.29, 0.717) is 10.8 Å². The van der Waals surface area contributed by atoms with Gasteiger partial charge in [0, 0.05) is 17.6 Å². The highest BCUT2D eigenvalue weighted by Gasteiger charge is 2.15. The highest BCUT2D eigenvalue weighted by molar-refractivity contribution is 9.10. The number of nitrogens with one attached hydrogen (secondary N) is 1. The maximum atomic E-state index is 12.1. The summed E-state index contributed by atoms with van der Waals surface area (Å²) in [5.74, 6) is 0.0168. The van der Waals surface area contributed by atoms with Crippen molar-refractivity contribution >= 4 is 56.8 Å². The number of benzene rings is 1. The molecule has 10 heteroatoms. The van der Waals surface area contributed by atoms with Gasteiger partial charge in [-0.15, -0.1) is 0 Å². The van der Waals surface area contributed by atoms with E-state index in [1.54, 1.807) is 13.1 Å². The maximum Gasteiger partial charge on any atom is 0.244 e. The minimum Gasteiger partial charge on any atom is -0.383 e. The van der Waals surface area contributed by atoms with E-state index in [2.05, 4.69) is 31.2 Å². The molecule has 25 heavy (non-hydrogen) atoms. The Hall–Kier alpha value is -2.33. The van der Waals surface area contributed by atoms with Crippen LogP contribution in [0, 0.1) is 0 Å². The molecule has 1 heterocycles. The molecule has 132 valence electrons.